The van der Waals surface area contributed by atoms with Crippen molar-refractivity contribution >= 4 is 15.9 Å². The van der Waals surface area contributed by atoms with Crippen molar-refractivity contribution in [3.63, 3.8) is 0 Å². The van der Waals surface area contributed by atoms with Crippen molar-refractivity contribution in [3.05, 3.63) is 83.9 Å². The molecule has 41 heavy (non-hydrogen) atoms. The fourth-order valence-electron chi connectivity index (χ4n) is 4.50. The lowest BCUT2D eigenvalue weighted by Gasteiger charge is -2.31. The number of benzene rings is 3. The average molecular weight is 585 g/mol. The highest BCUT2D eigenvalue weighted by molar-refractivity contribution is 7.89. The lowest BCUT2D eigenvalue weighted by molar-refractivity contribution is -0.122. The third kappa shape index (κ3) is 8.94. The second-order valence-electron chi connectivity index (χ2n) is 10.2. The molecule has 0 radical (unpaired) electrons. The number of sulfonamides is 1. The van der Waals surface area contributed by atoms with Gasteiger partial charge in [0.15, 0.2) is 11.5 Å². The summed E-state index contributed by atoms with van der Waals surface area (Å²) in [6, 6.07) is 20.1. The minimum atomic E-state index is -3.93. The van der Waals surface area contributed by atoms with Crippen LogP contribution in [0.1, 0.15) is 25.0 Å². The van der Waals surface area contributed by atoms with Gasteiger partial charge in [-0.1, -0.05) is 50.2 Å². The van der Waals surface area contributed by atoms with Crippen molar-refractivity contribution in [2.75, 3.05) is 34.4 Å². The molecule has 2 atom stereocenters. The van der Waals surface area contributed by atoms with E-state index in [-0.39, 0.29) is 36.2 Å². The number of hydrogen-bond donors (Lipinski definition) is 2. The Hall–Kier alpha value is -3.60. The molecule has 0 saturated heterocycles. The lowest BCUT2D eigenvalue weighted by atomic mass is 10.00. The Bertz CT molecular complexity index is 1360. The van der Waals surface area contributed by atoms with Crippen molar-refractivity contribution in [1.29, 1.82) is 0 Å². The first kappa shape index (κ1) is 31.9. The van der Waals surface area contributed by atoms with E-state index in [4.69, 9.17) is 14.2 Å². The number of carbonyl (C=O) groups excluding carboxylic acids is 1. The maximum atomic E-state index is 13.6. The smallest absolute Gasteiger partial charge is 0.243 e. The fourth-order valence-corrected chi connectivity index (χ4v) is 6.12. The number of methoxy groups -OCH3 is 3. The molecule has 0 unspecified atom stereocenters. The lowest BCUT2D eigenvalue weighted by Crippen LogP contribution is -2.51. The molecule has 2 N–H and O–H groups in total. The molecular formula is C31H40N2O7S. The van der Waals surface area contributed by atoms with Crippen LogP contribution in [0, 0.1) is 5.92 Å². The summed E-state index contributed by atoms with van der Waals surface area (Å²) in [5.74, 6) is 1.29. The summed E-state index contributed by atoms with van der Waals surface area (Å²) in [4.78, 5) is 13.3. The van der Waals surface area contributed by atoms with E-state index in [0.29, 0.717) is 29.2 Å². The molecule has 3 rings (SSSR count). The average Bonchev–Trinajstić information content (AvgIpc) is 2.96. The first-order chi connectivity index (χ1) is 19.6. The Morgan fingerprint density at radius 2 is 1.51 bits per heavy atom. The van der Waals surface area contributed by atoms with Crippen molar-refractivity contribution < 1.29 is 32.5 Å². The predicted octanol–water partition coefficient (Wildman–Crippen LogP) is 3.69. The van der Waals surface area contributed by atoms with Gasteiger partial charge >= 0.3 is 0 Å². The molecule has 0 saturated carbocycles. The van der Waals surface area contributed by atoms with Crippen molar-refractivity contribution in [3.8, 4) is 17.2 Å². The van der Waals surface area contributed by atoms with E-state index in [1.165, 1.54) is 37.8 Å². The highest BCUT2D eigenvalue weighted by Crippen LogP contribution is 2.28. The van der Waals surface area contributed by atoms with Crippen LogP contribution >= 0.6 is 0 Å². The number of ether oxygens (including phenoxy) is 3. The molecule has 0 fully saturated rings. The van der Waals surface area contributed by atoms with Gasteiger partial charge in [-0.05, 0) is 59.9 Å². The summed E-state index contributed by atoms with van der Waals surface area (Å²) < 4.78 is 44.3. The maximum absolute atomic E-state index is 13.6. The van der Waals surface area contributed by atoms with Crippen LogP contribution in [0.5, 0.6) is 17.2 Å². The molecule has 0 bridgehead atoms. The van der Waals surface area contributed by atoms with Crippen molar-refractivity contribution in [2.45, 2.75) is 43.7 Å². The van der Waals surface area contributed by atoms with Gasteiger partial charge in [0, 0.05) is 13.1 Å². The van der Waals surface area contributed by atoms with E-state index in [1.807, 2.05) is 44.2 Å². The van der Waals surface area contributed by atoms with E-state index < -0.39 is 22.2 Å². The van der Waals surface area contributed by atoms with Gasteiger partial charge in [-0.3, -0.25) is 4.79 Å². The van der Waals surface area contributed by atoms with E-state index >= 15 is 0 Å². The first-order valence-electron chi connectivity index (χ1n) is 13.4. The van der Waals surface area contributed by atoms with Crippen molar-refractivity contribution in [1.82, 2.24) is 9.62 Å². The van der Waals surface area contributed by atoms with Gasteiger partial charge in [0.05, 0.1) is 44.8 Å². The van der Waals surface area contributed by atoms with Gasteiger partial charge in [0.1, 0.15) is 5.75 Å². The molecule has 10 heteroatoms. The number of nitrogens with zero attached hydrogens (tertiary/aromatic N) is 1. The monoisotopic (exact) mass is 584 g/mol. The number of nitrogens with one attached hydrogen (secondary N) is 1. The Kier molecular flexibility index (Phi) is 11.6. The summed E-state index contributed by atoms with van der Waals surface area (Å²) in [5.41, 5.74) is 1.60. The third-order valence-corrected chi connectivity index (χ3v) is 8.42. The number of aliphatic hydroxyl groups excluding tert-OH is 1. The summed E-state index contributed by atoms with van der Waals surface area (Å²) in [7, 11) is 0.640. The Morgan fingerprint density at radius 3 is 2.10 bits per heavy atom. The van der Waals surface area contributed by atoms with E-state index in [1.54, 1.807) is 30.3 Å². The van der Waals surface area contributed by atoms with Gasteiger partial charge in [0.2, 0.25) is 15.9 Å². The van der Waals surface area contributed by atoms with Crippen LogP contribution in [0.25, 0.3) is 0 Å². The topological polar surface area (TPSA) is 114 Å². The minimum Gasteiger partial charge on any atom is -0.497 e. The molecule has 0 aliphatic carbocycles. The molecule has 0 aliphatic heterocycles. The van der Waals surface area contributed by atoms with Gasteiger partial charge in [0.25, 0.3) is 0 Å². The largest absolute Gasteiger partial charge is 0.497 e. The molecular weight excluding hydrogens is 544 g/mol. The molecule has 0 heterocycles. The third-order valence-electron chi connectivity index (χ3n) is 6.58. The van der Waals surface area contributed by atoms with Crippen LogP contribution in [0.4, 0.5) is 0 Å². The summed E-state index contributed by atoms with van der Waals surface area (Å²) in [5, 5.41) is 14.4. The number of amides is 1. The van der Waals surface area contributed by atoms with Crippen LogP contribution in [-0.4, -0.2) is 70.3 Å². The Morgan fingerprint density at radius 1 is 0.854 bits per heavy atom. The van der Waals surface area contributed by atoms with Crippen LogP contribution in [0.15, 0.2) is 77.7 Å². The van der Waals surface area contributed by atoms with Crippen LogP contribution in [-0.2, 0) is 27.7 Å². The van der Waals surface area contributed by atoms with Gasteiger partial charge in [-0.25, -0.2) is 8.42 Å². The molecule has 9 nitrogen and oxygen atoms in total. The molecule has 0 spiro atoms. The standard InChI is InChI=1S/C31H40N2O7S/c1-22(2)20-33(41(36,37)26-14-12-25(38-3)13-15-26)21-28(34)27(17-23-9-7-6-8-10-23)32-31(35)19-24-11-16-29(39-4)30(18-24)40-5/h6-16,18,22,27-28,34H,17,19-21H2,1-5H3,(H,32,35)/t27-,28+/m0/s1. The van der Waals surface area contributed by atoms with Gasteiger partial charge in [-0.2, -0.15) is 4.31 Å². The van der Waals surface area contributed by atoms with Crippen LogP contribution < -0.4 is 19.5 Å². The predicted molar refractivity (Wildman–Crippen MR) is 158 cm³/mol. The maximum Gasteiger partial charge on any atom is 0.243 e. The fraction of sp³-hybridized carbons (Fsp3) is 0.387. The molecule has 222 valence electrons. The molecule has 1 amide bonds. The SMILES string of the molecule is COc1ccc(S(=O)(=O)N(CC(C)C)C[C@@H](O)[C@H](Cc2ccccc2)NC(=O)Cc2ccc(OC)c(OC)c2)cc1. The van der Waals surface area contributed by atoms with E-state index in [2.05, 4.69) is 5.32 Å². The molecule has 0 aromatic heterocycles. The zero-order valence-corrected chi connectivity index (χ0v) is 25.1. The first-order valence-corrected chi connectivity index (χ1v) is 14.9. The molecule has 0 aliphatic rings. The number of rotatable bonds is 15. The van der Waals surface area contributed by atoms with Crippen LogP contribution in [0.2, 0.25) is 0 Å². The summed E-state index contributed by atoms with van der Waals surface area (Å²) in [6.07, 6.45) is -0.827. The second-order valence-corrected chi connectivity index (χ2v) is 12.1. The van der Waals surface area contributed by atoms with Crippen molar-refractivity contribution in [2.24, 2.45) is 5.92 Å². The molecule has 3 aromatic carbocycles. The second kappa shape index (κ2) is 14.9. The number of aliphatic hydroxyl groups is 1. The highest BCUT2D eigenvalue weighted by atomic mass is 32.2. The normalized spacial score (nSPS) is 13.1. The Balaban J connectivity index is 1.84. The number of hydrogen-bond acceptors (Lipinski definition) is 7. The zero-order valence-electron chi connectivity index (χ0n) is 24.2. The van der Waals surface area contributed by atoms with Gasteiger partial charge in [-0.15, -0.1) is 0 Å². The quantitative estimate of drug-likeness (QED) is 0.280. The minimum absolute atomic E-state index is 0.00226. The molecule has 3 aromatic rings. The van der Waals surface area contributed by atoms with Gasteiger partial charge < -0.3 is 24.6 Å². The summed E-state index contributed by atoms with van der Waals surface area (Å²) in [6.45, 7) is 3.83. The van der Waals surface area contributed by atoms with E-state index in [9.17, 15) is 18.3 Å². The number of carbonyl (C=O) groups is 1. The highest BCUT2D eigenvalue weighted by Gasteiger charge is 2.31. The van der Waals surface area contributed by atoms with Crippen LogP contribution in [0.3, 0.4) is 0 Å². The summed E-state index contributed by atoms with van der Waals surface area (Å²) >= 11 is 0. The van der Waals surface area contributed by atoms with E-state index in [0.717, 1.165) is 5.56 Å². The zero-order chi connectivity index (χ0) is 30.0. The Labute approximate surface area is 243 Å².